The van der Waals surface area contributed by atoms with E-state index in [1.165, 1.54) is 6.21 Å². The van der Waals surface area contributed by atoms with Crippen molar-refractivity contribution in [2.75, 3.05) is 0 Å². The van der Waals surface area contributed by atoms with Crippen LogP contribution in [0.15, 0.2) is 40.9 Å². The fraction of sp³-hybridized carbons (Fsp3) is 0.467. The first kappa shape index (κ1) is 13.6. The van der Waals surface area contributed by atoms with Gasteiger partial charge in [-0.1, -0.05) is 44.2 Å². The Kier molecular flexibility index (Phi) is 5.08. The van der Waals surface area contributed by atoms with Crippen molar-refractivity contribution >= 4 is 11.9 Å². The van der Waals surface area contributed by atoms with E-state index in [0.29, 0.717) is 0 Å². The Morgan fingerprint density at radius 2 is 2.18 bits per heavy atom. The van der Waals surface area contributed by atoms with Gasteiger partial charge in [-0.15, -0.1) is 0 Å². The van der Waals surface area contributed by atoms with E-state index in [1.807, 2.05) is 19.1 Å². The van der Waals surface area contributed by atoms with Gasteiger partial charge in [0.1, 0.15) is 0 Å². The zero-order chi connectivity index (χ0) is 12.7. The largest absolute Gasteiger partial charge is 0.306 e. The van der Waals surface area contributed by atoms with E-state index in [-0.39, 0.29) is 5.54 Å². The lowest BCUT2D eigenvalue weighted by Gasteiger charge is -2.31. The van der Waals surface area contributed by atoms with Gasteiger partial charge in [0.15, 0.2) is 0 Å². The second-order valence-electron chi connectivity index (χ2n) is 4.27. The molecule has 0 aromatic heterocycles. The Bertz CT molecular complexity index is 386. The predicted octanol–water partition coefficient (Wildman–Crippen LogP) is 4.10. The summed E-state index contributed by atoms with van der Waals surface area (Å²) in [5, 5.41) is 7.55. The Balaban J connectivity index is 3.04. The van der Waals surface area contributed by atoms with Crippen LogP contribution in [0.4, 0.5) is 0 Å². The van der Waals surface area contributed by atoms with Gasteiger partial charge in [-0.2, -0.15) is 0 Å². The minimum Gasteiger partial charge on any atom is -0.306 e. The number of aliphatic imine (C=N–C) groups is 1. The molecule has 0 saturated heterocycles. The third kappa shape index (κ3) is 3.26. The van der Waals surface area contributed by atoms with Gasteiger partial charge in [-0.25, -0.2) is 0 Å². The molecule has 1 unspecified atom stereocenters. The maximum atomic E-state index is 7.55. The van der Waals surface area contributed by atoms with Crippen LogP contribution in [0.2, 0.25) is 0 Å². The van der Waals surface area contributed by atoms with Crippen LogP contribution in [0.25, 0.3) is 0 Å². The zero-order valence-corrected chi connectivity index (χ0v) is 11.0. The fourth-order valence-electron chi connectivity index (χ4n) is 1.89. The van der Waals surface area contributed by atoms with E-state index >= 15 is 0 Å². The van der Waals surface area contributed by atoms with Gasteiger partial charge in [-0.3, -0.25) is 4.99 Å². The molecule has 1 aliphatic rings. The van der Waals surface area contributed by atoms with Crippen molar-refractivity contribution < 1.29 is 0 Å². The highest BCUT2D eigenvalue weighted by atomic mass is 14.9. The molecule has 0 aromatic carbocycles. The monoisotopic (exact) mass is 230 g/mol. The molecule has 0 spiro atoms. The first-order valence-electron chi connectivity index (χ1n) is 6.32. The summed E-state index contributed by atoms with van der Waals surface area (Å²) in [5.74, 6) is 0. The van der Waals surface area contributed by atoms with Gasteiger partial charge < -0.3 is 5.41 Å². The highest BCUT2D eigenvalue weighted by molar-refractivity contribution is 6.38. The minimum absolute atomic E-state index is 0.0543. The van der Waals surface area contributed by atoms with E-state index in [0.717, 1.165) is 30.5 Å². The molecule has 0 fully saturated rings. The number of nitrogens with one attached hydrogen (secondary N) is 1. The lowest BCUT2D eigenvalue weighted by atomic mass is 9.83. The van der Waals surface area contributed by atoms with Crippen molar-refractivity contribution in [2.45, 2.75) is 45.6 Å². The molecule has 0 aliphatic heterocycles. The first-order chi connectivity index (χ1) is 8.21. The maximum absolute atomic E-state index is 7.55. The van der Waals surface area contributed by atoms with Gasteiger partial charge in [0, 0.05) is 6.21 Å². The first-order valence-corrected chi connectivity index (χ1v) is 6.32. The quantitative estimate of drug-likeness (QED) is 0.405. The minimum atomic E-state index is -0.0543. The molecular formula is C15H22N2. The Hall–Kier alpha value is -1.44. The Morgan fingerprint density at radius 3 is 2.53 bits per heavy atom. The van der Waals surface area contributed by atoms with Crippen molar-refractivity contribution in [1.29, 1.82) is 5.41 Å². The molecule has 0 bridgehead atoms. The summed E-state index contributed by atoms with van der Waals surface area (Å²) in [4.78, 5) is 4.76. The maximum Gasteiger partial charge on any atom is 0.0829 e. The van der Waals surface area contributed by atoms with Gasteiger partial charge in [-0.05, 0) is 31.8 Å². The van der Waals surface area contributed by atoms with Crippen molar-refractivity contribution in [3.05, 3.63) is 36.0 Å². The fourth-order valence-corrected chi connectivity index (χ4v) is 1.89. The third-order valence-electron chi connectivity index (χ3n) is 3.06. The van der Waals surface area contributed by atoms with E-state index in [9.17, 15) is 0 Å². The number of nitrogens with zero attached hydrogens (tertiary/aromatic N) is 1. The number of allylic oxidation sites excluding steroid dienone is 4. The van der Waals surface area contributed by atoms with Crippen LogP contribution in [0.3, 0.4) is 0 Å². The van der Waals surface area contributed by atoms with Crippen molar-refractivity contribution in [2.24, 2.45) is 4.99 Å². The van der Waals surface area contributed by atoms with E-state index < -0.39 is 0 Å². The predicted molar refractivity (Wildman–Crippen MR) is 76.2 cm³/mol. The van der Waals surface area contributed by atoms with Crippen LogP contribution in [0, 0.1) is 5.41 Å². The molecule has 2 heteroatoms. The van der Waals surface area contributed by atoms with E-state index in [2.05, 4.69) is 32.1 Å². The molecule has 0 radical (unpaired) electrons. The summed E-state index contributed by atoms with van der Waals surface area (Å²) >= 11 is 0. The normalized spacial score (nSPS) is 25.1. The van der Waals surface area contributed by atoms with Crippen LogP contribution in [0.5, 0.6) is 0 Å². The number of hydrogen-bond donors (Lipinski definition) is 1. The molecule has 1 aliphatic carbocycles. The van der Waals surface area contributed by atoms with Gasteiger partial charge in [0.05, 0.1) is 11.3 Å². The lowest BCUT2D eigenvalue weighted by Crippen LogP contribution is -2.30. The van der Waals surface area contributed by atoms with Crippen LogP contribution in [-0.2, 0) is 0 Å². The summed E-state index contributed by atoms with van der Waals surface area (Å²) in [6, 6.07) is 0. The van der Waals surface area contributed by atoms with Crippen molar-refractivity contribution in [3.63, 3.8) is 0 Å². The van der Waals surface area contributed by atoms with Gasteiger partial charge in [0.2, 0.25) is 0 Å². The Labute approximate surface area is 104 Å². The molecule has 2 nitrogen and oxygen atoms in total. The standard InChI is InChI=1S/C15H22N2/c1-4-8-13(9-5-2)14(12-16)17-15(6-3)10-7-11-15/h4,7-10,12,16H,5-6,11H2,1-3H3/b8-4-,13-9+,16-12?,17-14?. The van der Waals surface area contributed by atoms with Crippen LogP contribution < -0.4 is 0 Å². The SMILES string of the molecule is C/C=C\C(=C/CC)C(C=N)=NC1(CC)C=CC1. The van der Waals surface area contributed by atoms with Crippen molar-refractivity contribution in [1.82, 2.24) is 0 Å². The summed E-state index contributed by atoms with van der Waals surface area (Å²) in [6.07, 6.45) is 14.8. The second-order valence-corrected chi connectivity index (χ2v) is 4.27. The summed E-state index contributed by atoms with van der Waals surface area (Å²) in [5.41, 5.74) is 1.79. The summed E-state index contributed by atoms with van der Waals surface area (Å²) < 4.78 is 0. The van der Waals surface area contributed by atoms with Crippen LogP contribution in [0.1, 0.15) is 40.0 Å². The third-order valence-corrected chi connectivity index (χ3v) is 3.06. The molecule has 1 N–H and O–H groups in total. The highest BCUT2D eigenvalue weighted by Crippen LogP contribution is 2.31. The summed E-state index contributed by atoms with van der Waals surface area (Å²) in [7, 11) is 0. The molecule has 0 saturated carbocycles. The topological polar surface area (TPSA) is 36.2 Å². The average Bonchev–Trinajstić information content (AvgIpc) is 2.29. The molecule has 1 atom stereocenters. The van der Waals surface area contributed by atoms with Crippen LogP contribution in [-0.4, -0.2) is 17.5 Å². The molecule has 1 rings (SSSR count). The van der Waals surface area contributed by atoms with Gasteiger partial charge in [0.25, 0.3) is 0 Å². The second kappa shape index (κ2) is 6.33. The molecule has 17 heavy (non-hydrogen) atoms. The Morgan fingerprint density at radius 1 is 1.47 bits per heavy atom. The smallest absolute Gasteiger partial charge is 0.0829 e. The van der Waals surface area contributed by atoms with Gasteiger partial charge >= 0.3 is 0 Å². The molecule has 0 aromatic rings. The van der Waals surface area contributed by atoms with E-state index in [1.54, 1.807) is 0 Å². The highest BCUT2D eigenvalue weighted by Gasteiger charge is 2.29. The molecule has 92 valence electrons. The molecule has 0 heterocycles. The van der Waals surface area contributed by atoms with Crippen LogP contribution >= 0.6 is 0 Å². The molecule has 0 amide bonds. The van der Waals surface area contributed by atoms with Crippen molar-refractivity contribution in [3.8, 4) is 0 Å². The number of hydrogen-bond acceptors (Lipinski definition) is 2. The van der Waals surface area contributed by atoms with E-state index in [4.69, 9.17) is 10.4 Å². The zero-order valence-electron chi connectivity index (χ0n) is 11.0. The average molecular weight is 230 g/mol. The lowest BCUT2D eigenvalue weighted by molar-refractivity contribution is 0.481. The molecular weight excluding hydrogens is 208 g/mol. The number of rotatable bonds is 6. The summed E-state index contributed by atoms with van der Waals surface area (Å²) in [6.45, 7) is 6.24.